The normalized spacial score (nSPS) is 20.3. The summed E-state index contributed by atoms with van der Waals surface area (Å²) in [5.74, 6) is 0.514. The van der Waals surface area contributed by atoms with Crippen molar-refractivity contribution in [2.75, 3.05) is 6.54 Å². The molecule has 3 heterocycles. The summed E-state index contributed by atoms with van der Waals surface area (Å²) in [4.78, 5) is 28.1. The van der Waals surface area contributed by atoms with Gasteiger partial charge in [-0.3, -0.25) is 4.79 Å². The van der Waals surface area contributed by atoms with E-state index in [1.165, 1.54) is 4.88 Å². The molecule has 0 saturated carbocycles. The number of benzene rings is 1. The van der Waals surface area contributed by atoms with Gasteiger partial charge in [-0.05, 0) is 23.5 Å². The van der Waals surface area contributed by atoms with Crippen LogP contribution in [0.4, 0.5) is 0 Å². The fourth-order valence-corrected chi connectivity index (χ4v) is 4.71. The highest BCUT2D eigenvalue weighted by molar-refractivity contribution is 7.13. The second kappa shape index (κ2) is 8.18. The molecule has 31 heavy (non-hydrogen) atoms. The van der Waals surface area contributed by atoms with Gasteiger partial charge in [0.2, 0.25) is 5.91 Å². The van der Waals surface area contributed by atoms with Crippen LogP contribution in [0.1, 0.15) is 44.8 Å². The molecule has 3 atom stereocenters. The van der Waals surface area contributed by atoms with Crippen molar-refractivity contribution in [2.24, 2.45) is 11.1 Å². The molecule has 1 unspecified atom stereocenters. The number of hydrogen-bond donors (Lipinski definition) is 3. The first kappa shape index (κ1) is 21.7. The number of carbonyl (C=O) groups excluding carboxylic acids is 1. The Kier molecular flexibility index (Phi) is 5.72. The summed E-state index contributed by atoms with van der Waals surface area (Å²) in [6.07, 6.45) is 1.63. The van der Waals surface area contributed by atoms with Crippen molar-refractivity contribution in [1.29, 1.82) is 0 Å². The number of aromatic amines is 1. The maximum absolute atomic E-state index is 13.0. The van der Waals surface area contributed by atoms with Crippen LogP contribution in [-0.4, -0.2) is 49.6 Å². The molecule has 0 aliphatic carbocycles. The number of nitrogens with two attached hydrogens (primary N) is 1. The molecule has 1 aromatic carbocycles. The Morgan fingerprint density at radius 1 is 1.26 bits per heavy atom. The predicted octanol–water partition coefficient (Wildman–Crippen LogP) is 3.52. The summed E-state index contributed by atoms with van der Waals surface area (Å²) in [5, 5.41) is 10.3. The molecule has 164 valence electrons. The van der Waals surface area contributed by atoms with Gasteiger partial charge in [0.25, 0.3) is 0 Å². The number of aryl methyl sites for hydroxylation is 1. The molecule has 0 spiro atoms. The molecule has 0 radical (unpaired) electrons. The first-order valence-electron chi connectivity index (χ1n) is 10.4. The third kappa shape index (κ3) is 4.28. The van der Waals surface area contributed by atoms with E-state index in [1.54, 1.807) is 22.4 Å². The zero-order valence-electron chi connectivity index (χ0n) is 18.3. The third-order valence-electron chi connectivity index (χ3n) is 5.88. The SMILES string of the molecule is Cc1ncsc1-c1ccc(-c2cnc([C@@H]3C[C@@H](O)CN3C(=O)C(N)C(C)(C)C)[nH]2)cc1. The number of imidazole rings is 1. The number of aromatic nitrogens is 3. The fraction of sp³-hybridized carbons (Fsp3) is 0.435. The van der Waals surface area contributed by atoms with Gasteiger partial charge in [0.05, 0.1) is 46.2 Å². The topological polar surface area (TPSA) is 108 Å². The maximum Gasteiger partial charge on any atom is 0.240 e. The molecule has 1 saturated heterocycles. The molecule has 1 aliphatic rings. The van der Waals surface area contributed by atoms with Crippen molar-refractivity contribution in [2.45, 2.75) is 52.3 Å². The van der Waals surface area contributed by atoms with E-state index in [9.17, 15) is 9.90 Å². The van der Waals surface area contributed by atoms with Crippen molar-refractivity contribution in [1.82, 2.24) is 19.9 Å². The Morgan fingerprint density at radius 2 is 1.94 bits per heavy atom. The second-order valence-electron chi connectivity index (χ2n) is 9.27. The molecule has 1 aliphatic heterocycles. The second-order valence-corrected chi connectivity index (χ2v) is 10.1. The van der Waals surface area contributed by atoms with E-state index in [0.29, 0.717) is 12.2 Å². The zero-order chi connectivity index (χ0) is 22.3. The van der Waals surface area contributed by atoms with Crippen LogP contribution in [0.15, 0.2) is 36.0 Å². The van der Waals surface area contributed by atoms with E-state index in [0.717, 1.165) is 22.5 Å². The minimum atomic E-state index is -0.641. The van der Waals surface area contributed by atoms with Gasteiger partial charge in [-0.1, -0.05) is 45.0 Å². The van der Waals surface area contributed by atoms with Gasteiger partial charge >= 0.3 is 0 Å². The minimum Gasteiger partial charge on any atom is -0.391 e. The Balaban J connectivity index is 1.56. The van der Waals surface area contributed by atoms with Crippen LogP contribution in [0, 0.1) is 12.3 Å². The number of thiazole rings is 1. The molecule has 2 aromatic heterocycles. The van der Waals surface area contributed by atoms with Crippen LogP contribution in [-0.2, 0) is 4.79 Å². The highest BCUT2D eigenvalue weighted by atomic mass is 32.1. The molecule has 8 heteroatoms. The number of carbonyl (C=O) groups is 1. The number of H-pyrrole nitrogens is 1. The summed E-state index contributed by atoms with van der Waals surface area (Å²) in [6, 6.07) is 7.30. The van der Waals surface area contributed by atoms with Gasteiger partial charge in [0.15, 0.2) is 0 Å². The summed E-state index contributed by atoms with van der Waals surface area (Å²) in [6.45, 7) is 8.11. The lowest BCUT2D eigenvalue weighted by atomic mass is 9.86. The number of nitrogens with one attached hydrogen (secondary N) is 1. The molecule has 3 aromatic rings. The van der Waals surface area contributed by atoms with Gasteiger partial charge in [-0.2, -0.15) is 0 Å². The number of likely N-dealkylation sites (tertiary alicyclic amines) is 1. The largest absolute Gasteiger partial charge is 0.391 e. The predicted molar refractivity (Wildman–Crippen MR) is 122 cm³/mol. The number of amides is 1. The lowest BCUT2D eigenvalue weighted by molar-refractivity contribution is -0.136. The molecule has 1 fully saturated rings. The average Bonchev–Trinajstić information content (AvgIpc) is 3.45. The van der Waals surface area contributed by atoms with Crippen molar-refractivity contribution < 1.29 is 9.90 Å². The Bertz CT molecular complexity index is 1070. The number of β-amino-alcohol motifs (C(OH)–C–C–N with tert-alkyl or cyclic N) is 1. The smallest absolute Gasteiger partial charge is 0.240 e. The van der Waals surface area contributed by atoms with Crippen LogP contribution in [0.2, 0.25) is 0 Å². The Morgan fingerprint density at radius 3 is 2.55 bits per heavy atom. The van der Waals surface area contributed by atoms with E-state index in [-0.39, 0.29) is 23.9 Å². The molecular weight excluding hydrogens is 410 g/mol. The van der Waals surface area contributed by atoms with Crippen LogP contribution in [0.3, 0.4) is 0 Å². The molecule has 4 N–H and O–H groups in total. The van der Waals surface area contributed by atoms with E-state index in [2.05, 4.69) is 27.1 Å². The van der Waals surface area contributed by atoms with Crippen molar-refractivity contribution in [3.05, 3.63) is 47.5 Å². The van der Waals surface area contributed by atoms with Gasteiger partial charge in [-0.15, -0.1) is 11.3 Å². The number of hydrogen-bond acceptors (Lipinski definition) is 6. The number of nitrogens with zero attached hydrogens (tertiary/aromatic N) is 3. The minimum absolute atomic E-state index is 0.156. The summed E-state index contributed by atoms with van der Waals surface area (Å²) >= 11 is 1.63. The van der Waals surface area contributed by atoms with Crippen LogP contribution >= 0.6 is 11.3 Å². The Hall–Kier alpha value is -2.55. The first-order chi connectivity index (χ1) is 14.6. The number of aliphatic hydroxyl groups excluding tert-OH is 1. The lowest BCUT2D eigenvalue weighted by Crippen LogP contribution is -2.50. The summed E-state index contributed by atoms with van der Waals surface area (Å²) < 4.78 is 0. The van der Waals surface area contributed by atoms with E-state index >= 15 is 0 Å². The van der Waals surface area contributed by atoms with Gasteiger partial charge < -0.3 is 20.7 Å². The molecular formula is C23H29N5O2S. The zero-order valence-corrected chi connectivity index (χ0v) is 19.1. The summed E-state index contributed by atoms with van der Waals surface area (Å²) in [7, 11) is 0. The quantitative estimate of drug-likeness (QED) is 0.576. The standard InChI is InChI=1S/C23H29N5O2S/c1-13-19(31-12-26-13)15-7-5-14(6-8-15)17-10-25-21(27-17)18-9-16(29)11-28(18)22(30)20(24)23(2,3)4/h5-8,10,12,16,18,20,29H,9,11,24H2,1-4H3,(H,25,27)/t16-,18+,20?/m1/s1. The first-order valence-corrected chi connectivity index (χ1v) is 11.3. The fourth-order valence-electron chi connectivity index (χ4n) is 3.90. The van der Waals surface area contributed by atoms with Crippen LogP contribution in [0.25, 0.3) is 21.7 Å². The van der Waals surface area contributed by atoms with Crippen molar-refractivity contribution in [3.63, 3.8) is 0 Å². The van der Waals surface area contributed by atoms with Gasteiger partial charge in [-0.25, -0.2) is 9.97 Å². The van der Waals surface area contributed by atoms with Crippen molar-refractivity contribution in [3.8, 4) is 21.7 Å². The highest BCUT2D eigenvalue weighted by Gasteiger charge is 2.41. The Labute approximate surface area is 186 Å². The number of aliphatic hydroxyl groups is 1. The molecule has 4 rings (SSSR count). The highest BCUT2D eigenvalue weighted by Crippen LogP contribution is 2.34. The average molecular weight is 440 g/mol. The monoisotopic (exact) mass is 439 g/mol. The van der Waals surface area contributed by atoms with Crippen molar-refractivity contribution >= 4 is 17.2 Å². The lowest BCUT2D eigenvalue weighted by Gasteiger charge is -2.32. The molecule has 7 nitrogen and oxygen atoms in total. The van der Waals surface area contributed by atoms with Crippen LogP contribution < -0.4 is 5.73 Å². The van der Waals surface area contributed by atoms with E-state index in [1.807, 2.05) is 45.3 Å². The molecule has 0 bridgehead atoms. The maximum atomic E-state index is 13.0. The van der Waals surface area contributed by atoms with E-state index < -0.39 is 12.1 Å². The van der Waals surface area contributed by atoms with Crippen LogP contribution in [0.5, 0.6) is 0 Å². The van der Waals surface area contributed by atoms with Gasteiger partial charge in [0.1, 0.15) is 5.82 Å². The van der Waals surface area contributed by atoms with E-state index in [4.69, 9.17) is 5.73 Å². The third-order valence-corrected chi connectivity index (χ3v) is 6.85. The summed E-state index contributed by atoms with van der Waals surface area (Å²) in [5.41, 5.74) is 11.8. The van der Waals surface area contributed by atoms with Gasteiger partial charge in [0, 0.05) is 13.0 Å². The number of rotatable bonds is 4. The molecule has 1 amide bonds.